The molecule has 0 saturated carbocycles. The van der Waals surface area contributed by atoms with Crippen LogP contribution in [-0.4, -0.2) is 10.1 Å². The number of hydrogen-bond acceptors (Lipinski definition) is 2. The predicted octanol–water partition coefficient (Wildman–Crippen LogP) is 4.41. The summed E-state index contributed by atoms with van der Waals surface area (Å²) in [4.78, 5) is 4.33. The van der Waals surface area contributed by atoms with Crippen molar-refractivity contribution in [2.75, 3.05) is 0 Å². The molecule has 0 aliphatic heterocycles. The Kier molecular flexibility index (Phi) is 3.58. The van der Waals surface area contributed by atoms with E-state index in [4.69, 9.17) is 0 Å². The van der Waals surface area contributed by atoms with E-state index >= 15 is 0 Å². The summed E-state index contributed by atoms with van der Waals surface area (Å²) in [6.07, 6.45) is -4.57. The van der Waals surface area contributed by atoms with Crippen molar-refractivity contribution in [1.29, 1.82) is 0 Å². The Morgan fingerprint density at radius 1 is 0.909 bits per heavy atom. The van der Waals surface area contributed by atoms with Crippen molar-refractivity contribution in [3.05, 3.63) is 65.7 Å². The lowest BCUT2D eigenvalue weighted by molar-refractivity contribution is -0.137. The zero-order chi connectivity index (χ0) is 15.7. The lowest BCUT2D eigenvalue weighted by Gasteiger charge is -2.18. The van der Waals surface area contributed by atoms with Crippen LogP contribution in [0, 0.1) is 0 Å². The van der Waals surface area contributed by atoms with Crippen LogP contribution in [0.3, 0.4) is 0 Å². The monoisotopic (exact) mass is 303 g/mol. The minimum absolute atomic E-state index is 0.00117. The van der Waals surface area contributed by atoms with E-state index in [9.17, 15) is 18.3 Å². The number of hydrogen-bond donors (Lipinski definition) is 1. The number of rotatable bonds is 2. The number of fused-ring (bicyclic) bond motifs is 1. The summed E-state index contributed by atoms with van der Waals surface area (Å²) in [6, 6.07) is 14.7. The Hall–Kier alpha value is -2.40. The predicted molar refractivity (Wildman–Crippen MR) is 78.1 cm³/mol. The van der Waals surface area contributed by atoms with E-state index in [1.165, 1.54) is 18.2 Å². The minimum Gasteiger partial charge on any atom is -0.392 e. The second-order valence-corrected chi connectivity index (χ2v) is 4.85. The third-order valence-electron chi connectivity index (χ3n) is 3.48. The molecule has 1 N–H and O–H groups in total. The number of halogens is 3. The highest BCUT2D eigenvalue weighted by molar-refractivity contribution is 5.87. The van der Waals surface area contributed by atoms with Gasteiger partial charge in [0.1, 0.15) is 0 Å². The summed E-state index contributed by atoms with van der Waals surface area (Å²) < 4.78 is 40.6. The number of aliphatic hydroxyl groups is 1. The van der Waals surface area contributed by atoms with Gasteiger partial charge in [0, 0.05) is 16.5 Å². The first-order valence-corrected chi connectivity index (χ1v) is 6.67. The Balaban J connectivity index is 2.44. The van der Waals surface area contributed by atoms with Crippen LogP contribution < -0.4 is 0 Å². The molecular formula is C17H12F3NO. The zero-order valence-electron chi connectivity index (χ0n) is 11.4. The van der Waals surface area contributed by atoms with Crippen LogP contribution in [-0.2, 0) is 12.8 Å². The molecule has 112 valence electrons. The van der Waals surface area contributed by atoms with E-state index in [-0.39, 0.29) is 22.2 Å². The van der Waals surface area contributed by atoms with Crippen molar-refractivity contribution >= 4 is 10.9 Å². The highest BCUT2D eigenvalue weighted by atomic mass is 19.4. The molecule has 5 heteroatoms. The maximum Gasteiger partial charge on any atom is 0.417 e. The molecule has 0 amide bonds. The van der Waals surface area contributed by atoms with Gasteiger partial charge < -0.3 is 5.11 Å². The molecule has 1 aromatic heterocycles. The molecule has 0 spiro atoms. The maximum atomic E-state index is 13.5. The largest absolute Gasteiger partial charge is 0.417 e. The van der Waals surface area contributed by atoms with E-state index in [2.05, 4.69) is 4.98 Å². The van der Waals surface area contributed by atoms with Crippen LogP contribution in [0.15, 0.2) is 54.6 Å². The van der Waals surface area contributed by atoms with Gasteiger partial charge in [-0.15, -0.1) is 0 Å². The molecule has 3 aromatic rings. The van der Waals surface area contributed by atoms with Crippen molar-refractivity contribution in [3.8, 4) is 11.3 Å². The summed E-state index contributed by atoms with van der Waals surface area (Å²) in [5.74, 6) is 0. The molecule has 0 saturated heterocycles. The number of nitrogens with zero attached hydrogens (tertiary/aromatic N) is 1. The first kappa shape index (κ1) is 14.5. The summed E-state index contributed by atoms with van der Waals surface area (Å²) >= 11 is 0. The van der Waals surface area contributed by atoms with E-state index in [1.54, 1.807) is 36.4 Å². The van der Waals surface area contributed by atoms with Crippen molar-refractivity contribution in [3.63, 3.8) is 0 Å². The normalized spacial score (nSPS) is 11.8. The van der Waals surface area contributed by atoms with Crippen molar-refractivity contribution in [1.82, 2.24) is 4.98 Å². The Bertz CT molecular complexity index is 813. The van der Waals surface area contributed by atoms with Gasteiger partial charge in [-0.1, -0.05) is 48.5 Å². The third kappa shape index (κ3) is 2.44. The van der Waals surface area contributed by atoms with E-state index < -0.39 is 18.3 Å². The molecule has 3 rings (SSSR count). The van der Waals surface area contributed by atoms with Crippen LogP contribution in [0.2, 0.25) is 0 Å². The third-order valence-corrected chi connectivity index (χ3v) is 3.48. The second-order valence-electron chi connectivity index (χ2n) is 4.85. The van der Waals surface area contributed by atoms with Gasteiger partial charge in [-0.05, 0) is 6.07 Å². The quantitative estimate of drug-likeness (QED) is 0.760. The van der Waals surface area contributed by atoms with Gasteiger partial charge in [0.25, 0.3) is 0 Å². The SMILES string of the molecule is OCc1c(-c2ccccc2)nc2ccccc2c1C(F)(F)F. The Labute approximate surface area is 124 Å². The molecule has 0 atom stereocenters. The van der Waals surface area contributed by atoms with Gasteiger partial charge in [0.15, 0.2) is 0 Å². The zero-order valence-corrected chi connectivity index (χ0v) is 11.4. The average Bonchev–Trinajstić information content (AvgIpc) is 2.52. The van der Waals surface area contributed by atoms with Gasteiger partial charge >= 0.3 is 6.18 Å². The van der Waals surface area contributed by atoms with E-state index in [1.807, 2.05) is 0 Å². The van der Waals surface area contributed by atoms with E-state index in [0.717, 1.165) is 0 Å². The van der Waals surface area contributed by atoms with Gasteiger partial charge in [-0.25, -0.2) is 4.98 Å². The number of aromatic nitrogens is 1. The summed E-state index contributed by atoms with van der Waals surface area (Å²) in [5, 5.41) is 9.54. The van der Waals surface area contributed by atoms with Gasteiger partial charge in [0.2, 0.25) is 0 Å². The lowest BCUT2D eigenvalue weighted by Crippen LogP contribution is -2.12. The smallest absolute Gasteiger partial charge is 0.392 e. The Morgan fingerprint density at radius 3 is 2.18 bits per heavy atom. The van der Waals surface area contributed by atoms with Crippen LogP contribution >= 0.6 is 0 Å². The number of aliphatic hydroxyl groups excluding tert-OH is 1. The average molecular weight is 303 g/mol. The Morgan fingerprint density at radius 2 is 1.55 bits per heavy atom. The van der Waals surface area contributed by atoms with Crippen molar-refractivity contribution < 1.29 is 18.3 Å². The molecule has 0 aliphatic rings. The van der Waals surface area contributed by atoms with Crippen molar-refractivity contribution in [2.45, 2.75) is 12.8 Å². The summed E-state index contributed by atoms with van der Waals surface area (Å²) in [7, 11) is 0. The van der Waals surface area contributed by atoms with Crippen LogP contribution in [0.5, 0.6) is 0 Å². The summed E-state index contributed by atoms with van der Waals surface area (Å²) in [6.45, 7) is -0.725. The first-order chi connectivity index (χ1) is 10.5. The van der Waals surface area contributed by atoms with Gasteiger partial charge in [-0.2, -0.15) is 13.2 Å². The maximum absolute atomic E-state index is 13.5. The topological polar surface area (TPSA) is 33.1 Å². The van der Waals surface area contributed by atoms with Gasteiger partial charge in [0.05, 0.1) is 23.4 Å². The van der Waals surface area contributed by atoms with E-state index in [0.29, 0.717) is 5.56 Å². The van der Waals surface area contributed by atoms with Gasteiger partial charge in [-0.3, -0.25) is 0 Å². The van der Waals surface area contributed by atoms with Crippen LogP contribution in [0.25, 0.3) is 22.2 Å². The minimum atomic E-state index is -4.57. The lowest BCUT2D eigenvalue weighted by atomic mass is 9.97. The molecule has 1 heterocycles. The summed E-state index contributed by atoms with van der Waals surface area (Å²) in [5.41, 5.74) is -0.0559. The highest BCUT2D eigenvalue weighted by Gasteiger charge is 2.37. The highest BCUT2D eigenvalue weighted by Crippen LogP contribution is 2.40. The fourth-order valence-electron chi connectivity index (χ4n) is 2.56. The molecule has 0 radical (unpaired) electrons. The molecule has 22 heavy (non-hydrogen) atoms. The molecule has 0 aliphatic carbocycles. The standard InChI is InChI=1S/C17H12F3NO/c18-17(19,20)15-12-8-4-5-9-14(12)21-16(13(15)10-22)11-6-2-1-3-7-11/h1-9,22H,10H2. The molecule has 0 unspecified atom stereocenters. The fraction of sp³-hybridized carbons (Fsp3) is 0.118. The van der Waals surface area contributed by atoms with Crippen LogP contribution in [0.1, 0.15) is 11.1 Å². The number of pyridine rings is 1. The fourth-order valence-corrected chi connectivity index (χ4v) is 2.56. The number of para-hydroxylation sites is 1. The molecule has 2 aromatic carbocycles. The second kappa shape index (κ2) is 5.42. The molecule has 2 nitrogen and oxygen atoms in total. The molecule has 0 bridgehead atoms. The number of alkyl halides is 3. The molecular weight excluding hydrogens is 291 g/mol. The number of benzene rings is 2. The first-order valence-electron chi connectivity index (χ1n) is 6.67. The van der Waals surface area contributed by atoms with Crippen molar-refractivity contribution in [2.24, 2.45) is 0 Å². The van der Waals surface area contributed by atoms with Crippen LogP contribution in [0.4, 0.5) is 13.2 Å². The molecule has 0 fully saturated rings.